The molecule has 3 rings (SSSR count). The zero-order valence-corrected chi connectivity index (χ0v) is 19.6. The zero-order chi connectivity index (χ0) is 23.7. The number of nitro groups is 1. The van der Waals surface area contributed by atoms with Crippen LogP contribution in [0.25, 0.3) is 0 Å². The van der Waals surface area contributed by atoms with E-state index in [4.69, 9.17) is 4.74 Å². The molecule has 178 valence electrons. The molecule has 2 aliphatic rings. The third-order valence-corrected chi connectivity index (χ3v) is 6.56. The zero-order valence-electron chi connectivity index (χ0n) is 19.6. The lowest BCUT2D eigenvalue weighted by molar-refractivity contribution is -0.385. The maximum absolute atomic E-state index is 14.4. The topological polar surface area (TPSA) is 92.1 Å². The molecule has 0 aromatic carbocycles. The van der Waals surface area contributed by atoms with Gasteiger partial charge in [0.1, 0.15) is 11.8 Å². The summed E-state index contributed by atoms with van der Waals surface area (Å²) in [4.78, 5) is 32.6. The maximum atomic E-state index is 14.4. The Morgan fingerprint density at radius 3 is 2.22 bits per heavy atom. The highest BCUT2D eigenvalue weighted by atomic mass is 19.1. The normalized spacial score (nSPS) is 19.2. The first-order chi connectivity index (χ1) is 14.9. The molecule has 2 aliphatic heterocycles. The number of carbonyl (C=O) groups is 1. The summed E-state index contributed by atoms with van der Waals surface area (Å²) in [7, 11) is 0. The molecule has 1 aromatic rings. The van der Waals surface area contributed by atoms with Crippen molar-refractivity contribution in [3.63, 3.8) is 0 Å². The van der Waals surface area contributed by atoms with E-state index in [1.807, 2.05) is 25.7 Å². The van der Waals surface area contributed by atoms with Gasteiger partial charge in [-0.1, -0.05) is 0 Å². The minimum Gasteiger partial charge on any atom is -0.444 e. The van der Waals surface area contributed by atoms with E-state index in [9.17, 15) is 19.3 Å². The number of nitrogens with zero attached hydrogens (tertiary/aromatic N) is 5. The molecule has 2 fully saturated rings. The monoisotopic (exact) mass is 451 g/mol. The van der Waals surface area contributed by atoms with Crippen molar-refractivity contribution in [2.24, 2.45) is 5.92 Å². The Morgan fingerprint density at radius 2 is 1.72 bits per heavy atom. The Labute approximate surface area is 188 Å². The van der Waals surface area contributed by atoms with Crippen molar-refractivity contribution < 1.29 is 18.8 Å². The minimum atomic E-state index is -0.665. The highest BCUT2D eigenvalue weighted by Crippen LogP contribution is 2.34. The van der Waals surface area contributed by atoms with Crippen LogP contribution >= 0.6 is 0 Å². The number of amides is 1. The van der Waals surface area contributed by atoms with Gasteiger partial charge in [-0.2, -0.15) is 0 Å². The number of halogens is 1. The fourth-order valence-electron chi connectivity index (χ4n) is 4.60. The second-order valence-corrected chi connectivity index (χ2v) is 10.1. The van der Waals surface area contributed by atoms with E-state index in [2.05, 4.69) is 23.7 Å². The van der Waals surface area contributed by atoms with Crippen LogP contribution in [0, 0.1) is 21.8 Å². The molecular weight excluding hydrogens is 417 g/mol. The average Bonchev–Trinajstić information content (AvgIpc) is 2.72. The number of hydrogen-bond donors (Lipinski definition) is 0. The molecular formula is C22H34FN5O4. The minimum absolute atomic E-state index is 0.0619. The molecule has 0 aliphatic carbocycles. The van der Waals surface area contributed by atoms with Crippen LogP contribution in [0.3, 0.4) is 0 Å². The number of likely N-dealkylation sites (tertiary alicyclic amines) is 1. The van der Waals surface area contributed by atoms with Gasteiger partial charge in [0.2, 0.25) is 0 Å². The Kier molecular flexibility index (Phi) is 6.92. The van der Waals surface area contributed by atoms with Crippen LogP contribution in [0.2, 0.25) is 0 Å². The van der Waals surface area contributed by atoms with E-state index in [-0.39, 0.29) is 23.1 Å². The number of pyridine rings is 1. The van der Waals surface area contributed by atoms with Crippen LogP contribution < -0.4 is 4.90 Å². The van der Waals surface area contributed by atoms with Gasteiger partial charge >= 0.3 is 6.09 Å². The summed E-state index contributed by atoms with van der Waals surface area (Å²) in [5, 5.41) is 10.8. The molecule has 0 bridgehead atoms. The number of carbonyl (C=O) groups excluding carboxylic acids is 1. The van der Waals surface area contributed by atoms with E-state index in [1.54, 1.807) is 4.90 Å². The first-order valence-electron chi connectivity index (χ1n) is 11.2. The molecule has 9 nitrogen and oxygen atoms in total. The Balaban J connectivity index is 1.55. The van der Waals surface area contributed by atoms with Crippen LogP contribution in [0.4, 0.5) is 20.7 Å². The fourth-order valence-corrected chi connectivity index (χ4v) is 4.60. The van der Waals surface area contributed by atoms with Gasteiger partial charge in [-0.15, -0.1) is 0 Å². The number of aromatic nitrogens is 1. The summed E-state index contributed by atoms with van der Waals surface area (Å²) in [5.41, 5.74) is -0.901. The highest BCUT2D eigenvalue weighted by Gasteiger charge is 2.40. The van der Waals surface area contributed by atoms with Gasteiger partial charge in [0.25, 0.3) is 5.69 Å². The van der Waals surface area contributed by atoms with Crippen LogP contribution in [0.1, 0.15) is 47.5 Å². The van der Waals surface area contributed by atoms with Gasteiger partial charge in [-0.25, -0.2) is 14.2 Å². The summed E-state index contributed by atoms with van der Waals surface area (Å²) in [6.45, 7) is 14.2. The van der Waals surface area contributed by atoms with Gasteiger partial charge < -0.3 is 14.5 Å². The van der Waals surface area contributed by atoms with Crippen molar-refractivity contribution in [1.29, 1.82) is 0 Å². The van der Waals surface area contributed by atoms with E-state index in [1.165, 1.54) is 0 Å². The number of rotatable bonds is 4. The number of ether oxygens (including phenoxy) is 1. The molecule has 1 amide bonds. The van der Waals surface area contributed by atoms with Gasteiger partial charge in [0.05, 0.1) is 11.0 Å². The molecule has 10 heteroatoms. The van der Waals surface area contributed by atoms with Crippen LogP contribution in [0.5, 0.6) is 0 Å². The number of anilines is 1. The summed E-state index contributed by atoms with van der Waals surface area (Å²) in [6, 6.07) is 0.928. The van der Waals surface area contributed by atoms with Crippen LogP contribution in [-0.2, 0) is 4.74 Å². The standard InChI is InChI=1S/C22H34FN5O4/c1-21(2,3)32-20(29)26-8-6-16(7-9-26)22(4,5)27-12-10-25(11-13-27)19-18(23)14-17(15-24-19)28(30)31/h14-16H,6-13H2,1-5H3. The molecule has 0 N–H and O–H groups in total. The van der Waals surface area contributed by atoms with Crippen molar-refractivity contribution in [2.75, 3.05) is 44.2 Å². The number of piperazine rings is 1. The lowest BCUT2D eigenvalue weighted by Crippen LogP contribution is -2.59. The highest BCUT2D eigenvalue weighted by molar-refractivity contribution is 5.68. The van der Waals surface area contributed by atoms with Crippen molar-refractivity contribution in [2.45, 2.75) is 58.6 Å². The second-order valence-electron chi connectivity index (χ2n) is 10.1. The van der Waals surface area contributed by atoms with E-state index >= 15 is 0 Å². The third-order valence-electron chi connectivity index (χ3n) is 6.56. The number of hydrogen-bond acceptors (Lipinski definition) is 7. The SMILES string of the molecule is CC(C)(C)OC(=O)N1CCC(C(C)(C)N2CCN(c3ncc([N+](=O)[O-])cc3F)CC2)CC1. The molecule has 0 unspecified atom stereocenters. The number of piperidine rings is 1. The van der Waals surface area contributed by atoms with E-state index < -0.39 is 16.3 Å². The van der Waals surface area contributed by atoms with Crippen LogP contribution in [-0.4, -0.2) is 76.2 Å². The summed E-state index contributed by atoms with van der Waals surface area (Å²) < 4.78 is 19.9. The van der Waals surface area contributed by atoms with Crippen molar-refractivity contribution in [1.82, 2.24) is 14.8 Å². The quantitative estimate of drug-likeness (QED) is 0.509. The summed E-state index contributed by atoms with van der Waals surface area (Å²) in [5.74, 6) is -0.0675. The molecule has 0 atom stereocenters. The summed E-state index contributed by atoms with van der Waals surface area (Å²) in [6.07, 6.45) is 2.67. The molecule has 2 saturated heterocycles. The van der Waals surface area contributed by atoms with Gasteiger partial charge in [-0.3, -0.25) is 15.0 Å². The van der Waals surface area contributed by atoms with Gasteiger partial charge in [0.15, 0.2) is 11.6 Å². The Morgan fingerprint density at radius 1 is 1.12 bits per heavy atom. The predicted octanol–water partition coefficient (Wildman–Crippen LogP) is 3.68. The maximum Gasteiger partial charge on any atom is 0.410 e. The van der Waals surface area contributed by atoms with Gasteiger partial charge in [-0.05, 0) is 53.4 Å². The van der Waals surface area contributed by atoms with Crippen molar-refractivity contribution >= 4 is 17.6 Å². The fraction of sp³-hybridized carbons (Fsp3) is 0.727. The second kappa shape index (κ2) is 9.17. The Bertz CT molecular complexity index is 841. The van der Waals surface area contributed by atoms with Crippen LogP contribution in [0.15, 0.2) is 12.3 Å². The molecule has 0 saturated carbocycles. The molecule has 3 heterocycles. The molecule has 1 aromatic heterocycles. The Hall–Kier alpha value is -2.49. The third kappa shape index (κ3) is 5.46. The smallest absolute Gasteiger partial charge is 0.410 e. The average molecular weight is 452 g/mol. The van der Waals surface area contributed by atoms with E-state index in [0.29, 0.717) is 32.1 Å². The summed E-state index contributed by atoms with van der Waals surface area (Å²) >= 11 is 0. The van der Waals surface area contributed by atoms with Crippen molar-refractivity contribution in [3.05, 3.63) is 28.2 Å². The lowest BCUT2D eigenvalue weighted by atomic mass is 9.78. The predicted molar refractivity (Wildman–Crippen MR) is 119 cm³/mol. The largest absolute Gasteiger partial charge is 0.444 e. The van der Waals surface area contributed by atoms with E-state index in [0.717, 1.165) is 38.2 Å². The molecule has 32 heavy (non-hydrogen) atoms. The molecule has 0 spiro atoms. The molecule has 0 radical (unpaired) electrons. The van der Waals surface area contributed by atoms with Gasteiger partial charge in [0, 0.05) is 44.8 Å². The first kappa shape index (κ1) is 24.2. The lowest BCUT2D eigenvalue weighted by Gasteiger charge is -2.50. The van der Waals surface area contributed by atoms with Crippen molar-refractivity contribution in [3.8, 4) is 0 Å². The first-order valence-corrected chi connectivity index (χ1v) is 11.2.